The van der Waals surface area contributed by atoms with Crippen molar-refractivity contribution in [2.24, 2.45) is 0 Å². The van der Waals surface area contributed by atoms with Gasteiger partial charge in [-0.25, -0.2) is 0 Å². The molecule has 206 valence electrons. The normalized spacial score (nSPS) is 12.7. The molecular weight excluding hydrogens is 524 g/mol. The molecule has 0 saturated carbocycles. The molecule has 0 aromatic carbocycles. The van der Waals surface area contributed by atoms with Crippen LogP contribution in [0.2, 0.25) is 0 Å². The van der Waals surface area contributed by atoms with E-state index in [4.69, 9.17) is 9.66 Å². The number of amides is 1. The zero-order valence-electron chi connectivity index (χ0n) is 22.8. The molecule has 2 radical (unpaired) electrons. The monoisotopic (exact) mass is 567 g/mol. The van der Waals surface area contributed by atoms with Gasteiger partial charge in [0.15, 0.2) is 5.25 Å². The van der Waals surface area contributed by atoms with Gasteiger partial charge in [-0.05, 0) is 32.1 Å². The molecule has 10 nitrogen and oxygen atoms in total. The molecule has 13 heteroatoms. The van der Waals surface area contributed by atoms with Crippen molar-refractivity contribution in [3.05, 3.63) is 12.2 Å². The maximum atomic E-state index is 11.8. The summed E-state index contributed by atoms with van der Waals surface area (Å²) in [5.74, 6) is -3.18. The van der Waals surface area contributed by atoms with Gasteiger partial charge in [0.2, 0.25) is 5.91 Å². The third-order valence-electron chi connectivity index (χ3n) is 5.39. The summed E-state index contributed by atoms with van der Waals surface area (Å²) in [5, 5.41) is 18.9. The number of esters is 1. The molecule has 0 heterocycles. The van der Waals surface area contributed by atoms with Gasteiger partial charge in [-0.15, -0.1) is 0 Å². The molecular formula is C24H43NNa2O9S. The number of carboxylic acids is 1. The second-order valence-electron chi connectivity index (χ2n) is 8.64. The average molecular weight is 568 g/mol. The second-order valence-corrected chi connectivity index (χ2v) is 10.2. The second kappa shape index (κ2) is 26.3. The van der Waals surface area contributed by atoms with E-state index in [1.165, 1.54) is 19.3 Å². The van der Waals surface area contributed by atoms with Gasteiger partial charge in [-0.1, -0.05) is 64.0 Å². The number of hydrogen-bond donors (Lipinski definition) is 4. The number of carbonyl (C=O) groups excluding carboxylic acids is 2. The quantitative estimate of drug-likeness (QED) is 0.0505. The van der Waals surface area contributed by atoms with Crippen LogP contribution in [0.3, 0.4) is 0 Å². The van der Waals surface area contributed by atoms with Crippen LogP contribution in [0.1, 0.15) is 96.8 Å². The maximum Gasteiger partial charge on any atom is 0.327 e. The SMILES string of the molecule is CCCCCCC(O)CC=CCCCCCCCC(=O)NCCOC(=O)C(CC(=O)O)S(=O)(=O)O.[Na].[Na]. The molecule has 2 unspecified atom stereocenters. The van der Waals surface area contributed by atoms with E-state index in [1.54, 1.807) is 0 Å². The van der Waals surface area contributed by atoms with Gasteiger partial charge in [-0.3, -0.25) is 18.9 Å². The first-order chi connectivity index (χ1) is 16.6. The van der Waals surface area contributed by atoms with Gasteiger partial charge in [0.1, 0.15) is 6.61 Å². The molecule has 0 aromatic heterocycles. The van der Waals surface area contributed by atoms with Crippen molar-refractivity contribution in [3.63, 3.8) is 0 Å². The smallest absolute Gasteiger partial charge is 0.327 e. The van der Waals surface area contributed by atoms with Gasteiger partial charge in [-0.2, -0.15) is 8.42 Å². The minimum absolute atomic E-state index is 0. The van der Waals surface area contributed by atoms with E-state index in [2.05, 4.69) is 29.1 Å². The van der Waals surface area contributed by atoms with E-state index in [0.717, 1.165) is 51.4 Å². The molecule has 0 aliphatic carbocycles. The van der Waals surface area contributed by atoms with E-state index in [0.29, 0.717) is 12.8 Å². The summed E-state index contributed by atoms with van der Waals surface area (Å²) in [6, 6.07) is 0. The number of nitrogens with one attached hydrogen (secondary N) is 1. The molecule has 1 amide bonds. The van der Waals surface area contributed by atoms with Gasteiger partial charge >= 0.3 is 11.9 Å². The number of allylic oxidation sites excluding steroid dienone is 1. The topological polar surface area (TPSA) is 167 Å². The fraction of sp³-hybridized carbons (Fsp3) is 0.792. The maximum absolute atomic E-state index is 11.8. The third kappa shape index (κ3) is 26.0. The van der Waals surface area contributed by atoms with Crippen molar-refractivity contribution in [3.8, 4) is 0 Å². The Morgan fingerprint density at radius 3 is 2.19 bits per heavy atom. The van der Waals surface area contributed by atoms with Crippen LogP contribution in [0.15, 0.2) is 12.2 Å². The van der Waals surface area contributed by atoms with Gasteiger partial charge < -0.3 is 20.3 Å². The molecule has 0 aromatic rings. The first kappa shape index (κ1) is 41.5. The number of ether oxygens (including phenoxy) is 1. The molecule has 0 aliphatic rings. The predicted octanol–water partition coefficient (Wildman–Crippen LogP) is 2.62. The van der Waals surface area contributed by atoms with Crippen LogP contribution < -0.4 is 5.32 Å². The number of carboxylic acid groups (broad SMARTS) is 1. The van der Waals surface area contributed by atoms with E-state index < -0.39 is 33.7 Å². The number of aliphatic hydroxyl groups excluding tert-OH is 1. The average Bonchev–Trinajstić information content (AvgIpc) is 2.78. The van der Waals surface area contributed by atoms with Crippen molar-refractivity contribution in [1.29, 1.82) is 0 Å². The number of unbranched alkanes of at least 4 members (excludes halogenated alkanes) is 8. The van der Waals surface area contributed by atoms with Crippen molar-refractivity contribution >= 4 is 87.1 Å². The number of aliphatic carboxylic acids is 1. The molecule has 4 N–H and O–H groups in total. The Kier molecular flexibility index (Phi) is 29.4. The number of carbonyl (C=O) groups is 3. The minimum atomic E-state index is -4.90. The van der Waals surface area contributed by atoms with Crippen LogP contribution in [0.5, 0.6) is 0 Å². The zero-order valence-corrected chi connectivity index (χ0v) is 27.6. The molecule has 0 spiro atoms. The number of hydrogen-bond acceptors (Lipinski definition) is 7. The zero-order chi connectivity index (χ0) is 26.5. The number of aliphatic hydroxyl groups is 1. The Labute approximate surface area is 266 Å². The van der Waals surface area contributed by atoms with Crippen LogP contribution in [0.4, 0.5) is 0 Å². The summed E-state index contributed by atoms with van der Waals surface area (Å²) >= 11 is 0. The molecule has 0 bridgehead atoms. The van der Waals surface area contributed by atoms with Gasteiger partial charge in [0.25, 0.3) is 10.1 Å². The molecule has 0 aliphatic heterocycles. The van der Waals surface area contributed by atoms with Crippen molar-refractivity contribution in [1.82, 2.24) is 5.32 Å². The first-order valence-corrected chi connectivity index (χ1v) is 14.0. The molecule has 0 fully saturated rings. The van der Waals surface area contributed by atoms with E-state index in [-0.39, 0.29) is 84.3 Å². The van der Waals surface area contributed by atoms with Gasteiger partial charge in [0.05, 0.1) is 19.1 Å². The van der Waals surface area contributed by atoms with Gasteiger partial charge in [0, 0.05) is 65.5 Å². The molecule has 0 rings (SSSR count). The van der Waals surface area contributed by atoms with Crippen LogP contribution in [0.25, 0.3) is 0 Å². The molecule has 2 atom stereocenters. The van der Waals surface area contributed by atoms with Crippen LogP contribution in [-0.4, -0.2) is 125 Å². The molecule has 0 saturated heterocycles. The standard InChI is InChI=1S/C24H43NO9S.2Na/c1-2-3-4-11-14-20(26)15-12-9-7-5-6-8-10-13-16-22(27)25-17-18-34-24(30)21(19-23(28)29)35(31,32)33;;/h9,12,20-21,26H,2-8,10-11,13-19H2,1H3,(H,25,27)(H,28,29)(H,31,32,33);;. The Bertz CT molecular complexity index is 749. The number of rotatable bonds is 22. The third-order valence-corrected chi connectivity index (χ3v) is 6.47. The Morgan fingerprint density at radius 2 is 1.57 bits per heavy atom. The summed E-state index contributed by atoms with van der Waals surface area (Å²) in [6.45, 7) is 1.79. The summed E-state index contributed by atoms with van der Waals surface area (Å²) < 4.78 is 35.8. The Hall–Kier alpha value is 0.0200. The summed E-state index contributed by atoms with van der Waals surface area (Å²) in [4.78, 5) is 34.1. The van der Waals surface area contributed by atoms with E-state index in [9.17, 15) is 27.9 Å². The fourth-order valence-corrected chi connectivity index (χ4v) is 4.03. The van der Waals surface area contributed by atoms with E-state index in [1.807, 2.05) is 0 Å². The van der Waals surface area contributed by atoms with Crippen LogP contribution in [0, 0.1) is 0 Å². The Balaban J connectivity index is -0.00000578. The van der Waals surface area contributed by atoms with Crippen molar-refractivity contribution in [2.75, 3.05) is 13.2 Å². The predicted molar refractivity (Wildman–Crippen MR) is 144 cm³/mol. The van der Waals surface area contributed by atoms with Crippen LogP contribution in [-0.2, 0) is 29.2 Å². The summed E-state index contributed by atoms with van der Waals surface area (Å²) in [7, 11) is -4.90. The first-order valence-electron chi connectivity index (χ1n) is 12.5. The van der Waals surface area contributed by atoms with Crippen molar-refractivity contribution < 1.29 is 42.3 Å². The van der Waals surface area contributed by atoms with E-state index >= 15 is 0 Å². The van der Waals surface area contributed by atoms with Crippen molar-refractivity contribution in [2.45, 2.75) is 108 Å². The minimum Gasteiger partial charge on any atom is -0.481 e. The fourth-order valence-electron chi connectivity index (χ4n) is 3.37. The molecule has 37 heavy (non-hydrogen) atoms. The summed E-state index contributed by atoms with van der Waals surface area (Å²) in [6.07, 6.45) is 15.2. The summed E-state index contributed by atoms with van der Waals surface area (Å²) in [5.41, 5.74) is 0. The largest absolute Gasteiger partial charge is 0.481 e. The Morgan fingerprint density at radius 1 is 0.946 bits per heavy atom. The van der Waals surface area contributed by atoms with Crippen LogP contribution >= 0.6 is 0 Å².